The monoisotopic (exact) mass is 918 g/mol. The highest BCUT2D eigenvalue weighted by Crippen LogP contribution is 2.26. The minimum absolute atomic E-state index is 0.00714. The number of nitrogens with zero attached hydrogens (tertiary/aromatic N) is 1. The van der Waals surface area contributed by atoms with Gasteiger partial charge in [0.25, 0.3) is 0 Å². The molecular formula is C51H107NO6SSi2. The number of thioether (sulfide) groups is 1. The van der Waals surface area contributed by atoms with Crippen molar-refractivity contribution in [1.82, 2.24) is 4.90 Å². The van der Waals surface area contributed by atoms with E-state index in [9.17, 15) is 9.90 Å². The molecule has 0 amide bonds. The number of aliphatic hydroxyl groups excluding tert-OH is 1. The molecule has 0 spiro atoms. The molecule has 1 N–H and O–H groups in total. The predicted octanol–water partition coefficient (Wildman–Crippen LogP) is 15.8. The van der Waals surface area contributed by atoms with E-state index in [0.717, 1.165) is 96.2 Å². The largest absolute Gasteiger partial charge is 0.465 e. The molecule has 0 aromatic rings. The van der Waals surface area contributed by atoms with Crippen LogP contribution in [0.3, 0.4) is 0 Å². The first-order valence-electron chi connectivity index (χ1n) is 26.6. The minimum atomic E-state index is -2.35. The highest BCUT2D eigenvalue weighted by atomic mass is 32.2. The van der Waals surface area contributed by atoms with E-state index in [1.54, 1.807) is 0 Å². The van der Waals surface area contributed by atoms with Crippen molar-refractivity contribution in [3.63, 3.8) is 0 Å². The van der Waals surface area contributed by atoms with E-state index in [1.165, 1.54) is 147 Å². The van der Waals surface area contributed by atoms with Gasteiger partial charge in [-0.3, -0.25) is 4.79 Å². The van der Waals surface area contributed by atoms with Gasteiger partial charge < -0.3 is 28.0 Å². The topological polar surface area (TPSA) is 77.5 Å². The average molecular weight is 919 g/mol. The number of esters is 1. The molecule has 0 fully saturated rings. The van der Waals surface area contributed by atoms with Crippen LogP contribution in [0, 0.1) is 0 Å². The van der Waals surface area contributed by atoms with Crippen molar-refractivity contribution >= 4 is 34.6 Å². The first kappa shape index (κ1) is 61.1. The number of hydrogen-bond acceptors (Lipinski definition) is 8. The Morgan fingerprint density at radius 3 is 1.59 bits per heavy atom. The zero-order valence-electron chi connectivity index (χ0n) is 42.3. The van der Waals surface area contributed by atoms with Crippen LogP contribution in [0.1, 0.15) is 233 Å². The van der Waals surface area contributed by atoms with Crippen LogP contribution in [0.5, 0.6) is 0 Å². The smallest absolute Gasteiger partial charge is 0.323 e. The Labute approximate surface area is 387 Å². The van der Waals surface area contributed by atoms with Crippen molar-refractivity contribution in [2.45, 2.75) is 277 Å². The van der Waals surface area contributed by atoms with Crippen LogP contribution in [-0.2, 0) is 22.8 Å². The summed E-state index contributed by atoms with van der Waals surface area (Å²) in [6.07, 6.45) is 38.2. The summed E-state index contributed by atoms with van der Waals surface area (Å²) in [6.45, 7) is 23.2. The Bertz CT molecular complexity index is 931. The number of carbonyl (C=O) groups is 1. The molecule has 2 unspecified atom stereocenters. The average Bonchev–Trinajstić information content (AvgIpc) is 3.22. The normalized spacial score (nSPS) is 13.3. The number of rotatable bonds is 49. The molecule has 0 aromatic carbocycles. The minimum Gasteiger partial charge on any atom is -0.465 e. The number of hydrogen-bond donors (Lipinski definition) is 1. The third-order valence-corrected chi connectivity index (χ3v) is 19.9. The first-order chi connectivity index (χ1) is 29.5. The molecular weight excluding hydrogens is 811 g/mol. The van der Waals surface area contributed by atoms with Gasteiger partial charge in [0, 0.05) is 13.2 Å². The lowest BCUT2D eigenvalue weighted by molar-refractivity contribution is -0.143. The van der Waals surface area contributed by atoms with Gasteiger partial charge in [-0.1, -0.05) is 169 Å². The molecule has 0 radical (unpaired) electrons. The van der Waals surface area contributed by atoms with Crippen LogP contribution in [0.25, 0.3) is 0 Å². The van der Waals surface area contributed by atoms with Gasteiger partial charge >= 0.3 is 14.5 Å². The Morgan fingerprint density at radius 2 is 1.00 bits per heavy atom. The molecule has 0 saturated heterocycles. The number of unbranched alkanes of at least 4 members (excludes halogenated alkanes) is 23. The zero-order chi connectivity index (χ0) is 45.1. The van der Waals surface area contributed by atoms with Gasteiger partial charge in [0.05, 0.1) is 6.61 Å². The number of aliphatic hydroxyl groups is 1. The summed E-state index contributed by atoms with van der Waals surface area (Å²) in [4.78, 5) is 15.7. The maximum atomic E-state index is 13.1. The highest BCUT2D eigenvalue weighted by molar-refractivity contribution is 8.00. The standard InChI is InChI=1S/C51H107NO6SSi2/c1-9-13-17-20-23-29-39-49(59-47-37-16-12-4)51(54)56-46-36-26-24-31-41-52(43-33-34-44-53)42-32-28-30-40-50(55-45-35-25-21-18-14-10-2)57-61(7,8)58-60(5,6)48-38-27-22-19-15-11-3/h49-50,53H,9-48H2,1-8H3. The SMILES string of the molecule is CCCCCCCCOC(CCCCCN(CCCCO)CCCCCCOC(=O)C(CCCCCCCC)SCCCCC)O[Si](C)(C)O[Si](C)(C)CCCCCCCC. The van der Waals surface area contributed by atoms with Crippen LogP contribution in [0.2, 0.25) is 32.2 Å². The molecule has 0 bridgehead atoms. The van der Waals surface area contributed by atoms with Gasteiger partial charge in [-0.25, -0.2) is 0 Å². The van der Waals surface area contributed by atoms with E-state index in [-0.39, 0.29) is 24.1 Å². The van der Waals surface area contributed by atoms with E-state index in [0.29, 0.717) is 6.61 Å². The summed E-state index contributed by atoms with van der Waals surface area (Å²) < 4.78 is 26.1. The fraction of sp³-hybridized carbons (Fsp3) is 0.980. The van der Waals surface area contributed by atoms with E-state index in [1.807, 2.05) is 11.8 Å². The van der Waals surface area contributed by atoms with Crippen LogP contribution < -0.4 is 0 Å². The van der Waals surface area contributed by atoms with Gasteiger partial charge in [-0.15, -0.1) is 11.8 Å². The van der Waals surface area contributed by atoms with Gasteiger partial charge in [0.15, 0.2) is 8.32 Å². The predicted molar refractivity (Wildman–Crippen MR) is 273 cm³/mol. The molecule has 0 aromatic heterocycles. The quantitative estimate of drug-likeness (QED) is 0.0280. The summed E-state index contributed by atoms with van der Waals surface area (Å²) in [5, 5.41) is 9.46. The Hall–Kier alpha value is 0.0538. The van der Waals surface area contributed by atoms with Crippen molar-refractivity contribution in [3.05, 3.63) is 0 Å². The Kier molecular flexibility index (Phi) is 44.0. The molecule has 0 rings (SSSR count). The summed E-state index contributed by atoms with van der Waals surface area (Å²) in [5.74, 6) is 1.09. The second kappa shape index (κ2) is 43.9. The van der Waals surface area contributed by atoms with E-state index < -0.39 is 16.9 Å². The van der Waals surface area contributed by atoms with Crippen molar-refractivity contribution in [2.24, 2.45) is 0 Å². The molecule has 2 atom stereocenters. The molecule has 0 saturated carbocycles. The molecule has 61 heavy (non-hydrogen) atoms. The van der Waals surface area contributed by atoms with E-state index >= 15 is 0 Å². The molecule has 0 aliphatic heterocycles. The highest BCUT2D eigenvalue weighted by Gasteiger charge is 2.36. The van der Waals surface area contributed by atoms with Gasteiger partial charge in [0.2, 0.25) is 0 Å². The molecule has 0 aliphatic rings. The number of ether oxygens (including phenoxy) is 2. The molecule has 0 aliphatic carbocycles. The molecule has 7 nitrogen and oxygen atoms in total. The maximum absolute atomic E-state index is 13.1. The molecule has 10 heteroatoms. The van der Waals surface area contributed by atoms with E-state index in [4.69, 9.17) is 18.0 Å². The summed E-state index contributed by atoms with van der Waals surface area (Å²) >= 11 is 1.84. The summed E-state index contributed by atoms with van der Waals surface area (Å²) in [6, 6.07) is 1.21. The van der Waals surface area contributed by atoms with Crippen molar-refractivity contribution in [2.75, 3.05) is 45.2 Å². The van der Waals surface area contributed by atoms with Crippen molar-refractivity contribution in [3.8, 4) is 0 Å². The van der Waals surface area contributed by atoms with Gasteiger partial charge in [-0.2, -0.15) is 0 Å². The molecule has 366 valence electrons. The second-order valence-corrected chi connectivity index (χ2v) is 28.5. The fourth-order valence-electron chi connectivity index (χ4n) is 8.28. The van der Waals surface area contributed by atoms with Crippen LogP contribution in [0.15, 0.2) is 0 Å². The van der Waals surface area contributed by atoms with Crippen LogP contribution >= 0.6 is 11.8 Å². The van der Waals surface area contributed by atoms with Gasteiger partial charge in [-0.05, 0) is 122 Å². The Morgan fingerprint density at radius 1 is 0.541 bits per heavy atom. The summed E-state index contributed by atoms with van der Waals surface area (Å²) in [5.41, 5.74) is 0. The fourth-order valence-corrected chi connectivity index (χ4v) is 17.3. The second-order valence-electron chi connectivity index (χ2n) is 19.3. The van der Waals surface area contributed by atoms with Crippen molar-refractivity contribution in [1.29, 1.82) is 0 Å². The number of carbonyl (C=O) groups excluding carboxylic acids is 1. The van der Waals surface area contributed by atoms with Crippen molar-refractivity contribution < 1.29 is 27.9 Å². The first-order valence-corrected chi connectivity index (χ1v) is 33.6. The maximum Gasteiger partial charge on any atom is 0.323 e. The Balaban J connectivity index is 4.85. The van der Waals surface area contributed by atoms with Crippen LogP contribution in [0.4, 0.5) is 0 Å². The van der Waals surface area contributed by atoms with E-state index in [2.05, 4.69) is 58.8 Å². The molecule has 0 heterocycles. The van der Waals surface area contributed by atoms with Gasteiger partial charge in [0.1, 0.15) is 11.5 Å². The lowest BCUT2D eigenvalue weighted by Crippen LogP contribution is -2.48. The lowest BCUT2D eigenvalue weighted by Gasteiger charge is -2.36. The third-order valence-electron chi connectivity index (χ3n) is 11.9. The lowest BCUT2D eigenvalue weighted by atomic mass is 10.1. The van der Waals surface area contributed by atoms with Crippen LogP contribution in [-0.4, -0.2) is 89.6 Å². The summed E-state index contributed by atoms with van der Waals surface area (Å²) in [7, 11) is -4.15. The third kappa shape index (κ3) is 41.2. The zero-order valence-corrected chi connectivity index (χ0v) is 45.1.